The lowest BCUT2D eigenvalue weighted by molar-refractivity contribution is 0.0858. The number of benzene rings is 2. The number of Topliss-reactive ketones (excluding diaryl/α,β-unsaturated/α-hetero) is 2. The zero-order valence-corrected chi connectivity index (χ0v) is 24.5. The number of fused-ring (bicyclic) bond motifs is 5. The second kappa shape index (κ2) is 11.7. The van der Waals surface area contributed by atoms with Crippen molar-refractivity contribution in [1.82, 2.24) is 0 Å². The van der Waals surface area contributed by atoms with Crippen LogP contribution in [0.1, 0.15) is 85.2 Å². The molecule has 0 spiro atoms. The summed E-state index contributed by atoms with van der Waals surface area (Å²) < 4.78 is 49.0. The second-order valence-electron chi connectivity index (χ2n) is 10.9. The monoisotopic (exact) mass is 612 g/mol. The van der Waals surface area contributed by atoms with E-state index in [0.717, 1.165) is 0 Å². The lowest BCUT2D eigenvalue weighted by atomic mass is 9.95. The molecule has 12 heteroatoms. The molecule has 2 aliphatic rings. The number of carbonyl (C=O) groups excluding carboxylic acids is 2. The van der Waals surface area contributed by atoms with Crippen molar-refractivity contribution < 1.29 is 46.9 Å². The van der Waals surface area contributed by atoms with E-state index in [9.17, 15) is 38.2 Å². The number of ether oxygens (including phenoxy) is 2. The van der Waals surface area contributed by atoms with E-state index < -0.39 is 22.9 Å². The predicted octanol–water partition coefficient (Wildman–Crippen LogP) is 5.89. The number of carbonyl (C=O) groups is 2. The molecule has 0 fully saturated rings. The Balaban J connectivity index is 0.000000175. The molecule has 2 aromatic carbocycles. The summed E-state index contributed by atoms with van der Waals surface area (Å²) in [5.74, 6) is -2.91. The average Bonchev–Trinajstić information content (AvgIpc) is 2.93. The first-order chi connectivity index (χ1) is 20.9. The minimum atomic E-state index is -1.14. The zero-order chi connectivity index (χ0) is 32.0. The molecule has 232 valence electrons. The summed E-state index contributed by atoms with van der Waals surface area (Å²) in [6, 6.07) is 2.65. The van der Waals surface area contributed by atoms with Gasteiger partial charge in [0.2, 0.25) is 11.6 Å². The van der Waals surface area contributed by atoms with Gasteiger partial charge in [0, 0.05) is 36.1 Å². The van der Waals surface area contributed by atoms with E-state index in [1.807, 2.05) is 13.8 Å². The molecule has 0 radical (unpaired) electrons. The van der Waals surface area contributed by atoms with Gasteiger partial charge in [-0.15, -0.1) is 0 Å². The third-order valence-electron chi connectivity index (χ3n) is 7.50. The second-order valence-corrected chi connectivity index (χ2v) is 10.9. The Labute approximate surface area is 248 Å². The molecular formula is C32H30F2O10. The molecular weight excluding hydrogens is 582 g/mol. The van der Waals surface area contributed by atoms with Gasteiger partial charge in [-0.05, 0) is 26.7 Å². The molecule has 0 amide bonds. The van der Waals surface area contributed by atoms with Crippen LogP contribution >= 0.6 is 0 Å². The van der Waals surface area contributed by atoms with Crippen LogP contribution in [0.4, 0.5) is 8.78 Å². The van der Waals surface area contributed by atoms with E-state index in [4.69, 9.17) is 18.3 Å². The Morgan fingerprint density at radius 2 is 1.25 bits per heavy atom. The van der Waals surface area contributed by atoms with Gasteiger partial charge in [0.25, 0.3) is 0 Å². The molecule has 10 nitrogen and oxygen atoms in total. The van der Waals surface area contributed by atoms with Gasteiger partial charge in [0.15, 0.2) is 17.1 Å². The normalized spacial score (nSPS) is 17.4. The van der Waals surface area contributed by atoms with Gasteiger partial charge >= 0.3 is 11.3 Å². The minimum absolute atomic E-state index is 0.0213. The lowest BCUT2D eigenvalue weighted by Gasteiger charge is -2.23. The maximum absolute atomic E-state index is 14.1. The molecule has 2 aliphatic heterocycles. The molecule has 4 aromatic rings. The number of halogens is 2. The van der Waals surface area contributed by atoms with Gasteiger partial charge in [-0.1, -0.05) is 26.7 Å². The highest BCUT2D eigenvalue weighted by Crippen LogP contribution is 2.42. The number of aromatic hydroxyl groups is 2. The van der Waals surface area contributed by atoms with E-state index in [0.29, 0.717) is 12.8 Å². The van der Waals surface area contributed by atoms with Crippen LogP contribution in [0, 0.1) is 11.6 Å². The van der Waals surface area contributed by atoms with Gasteiger partial charge in [0.1, 0.15) is 51.9 Å². The average molecular weight is 613 g/mol. The molecule has 2 aromatic heterocycles. The van der Waals surface area contributed by atoms with Crippen LogP contribution in [-0.2, 0) is 12.8 Å². The molecule has 4 heterocycles. The quantitative estimate of drug-likeness (QED) is 0.267. The fourth-order valence-electron chi connectivity index (χ4n) is 5.69. The Morgan fingerprint density at radius 3 is 1.82 bits per heavy atom. The first kappa shape index (κ1) is 30.7. The van der Waals surface area contributed by atoms with Crippen LogP contribution in [0.5, 0.6) is 23.0 Å². The lowest BCUT2D eigenvalue weighted by Crippen LogP contribution is -2.24. The highest BCUT2D eigenvalue weighted by molar-refractivity contribution is 6.11. The number of phenolic OH excluding ortho intramolecular Hbond substituents is 2. The highest BCUT2D eigenvalue weighted by Gasteiger charge is 2.32. The Bertz CT molecular complexity index is 1930. The summed E-state index contributed by atoms with van der Waals surface area (Å²) in [6.07, 6.45) is 1.27. The van der Waals surface area contributed by atoms with E-state index in [2.05, 4.69) is 0 Å². The molecule has 0 aliphatic carbocycles. The third-order valence-corrected chi connectivity index (χ3v) is 7.50. The van der Waals surface area contributed by atoms with Crippen LogP contribution in [-0.4, -0.2) is 34.0 Å². The Hall–Kier alpha value is -4.74. The summed E-state index contributed by atoms with van der Waals surface area (Å²) in [6.45, 7) is 7.10. The smallest absolute Gasteiger partial charge is 0.372 e. The van der Waals surface area contributed by atoms with Crippen LogP contribution < -0.4 is 20.7 Å². The number of hydrogen-bond donors (Lipinski definition) is 2. The number of aryl methyl sites for hydroxylation is 2. The standard InChI is InChI=1S/2C16H15FO5/c1-3-4-8-12-10(22-16(20)14(8)17)6-11-13(15(12)19)9(18)5-7(2)21-11;1-3-4-8-12-10(19)6-11-13(9(18)5-7(2)21-11)15(12)22-16(20)14(8)17/h2*6-7,19H,3-5H2,1-2H3. The summed E-state index contributed by atoms with van der Waals surface area (Å²) >= 11 is 0. The van der Waals surface area contributed by atoms with Crippen molar-refractivity contribution in [3.63, 3.8) is 0 Å². The van der Waals surface area contributed by atoms with Gasteiger partial charge in [-0.3, -0.25) is 9.59 Å². The van der Waals surface area contributed by atoms with E-state index >= 15 is 0 Å². The summed E-state index contributed by atoms with van der Waals surface area (Å²) in [5.41, 5.74) is -2.05. The summed E-state index contributed by atoms with van der Waals surface area (Å²) in [4.78, 5) is 47.8. The van der Waals surface area contributed by atoms with Gasteiger partial charge in [-0.2, -0.15) is 8.78 Å². The maximum Gasteiger partial charge on any atom is 0.372 e. The van der Waals surface area contributed by atoms with Crippen LogP contribution in [0.25, 0.3) is 21.9 Å². The van der Waals surface area contributed by atoms with Gasteiger partial charge in [-0.25, -0.2) is 9.59 Å². The zero-order valence-electron chi connectivity index (χ0n) is 24.5. The SMILES string of the molecule is CCCc1c(F)c(=O)oc2c3c(cc(O)c12)OC(C)CC3=O.CCCc1c(F)c(=O)oc2cc3c(c(O)c12)C(=O)CC(C)O3. The number of phenols is 2. The maximum atomic E-state index is 14.1. The molecule has 2 atom stereocenters. The van der Waals surface area contributed by atoms with Crippen molar-refractivity contribution in [2.75, 3.05) is 0 Å². The molecule has 2 unspecified atom stereocenters. The minimum Gasteiger partial charge on any atom is -0.507 e. The van der Waals surface area contributed by atoms with Crippen molar-refractivity contribution in [3.8, 4) is 23.0 Å². The number of hydrogen-bond acceptors (Lipinski definition) is 10. The fraction of sp³-hybridized carbons (Fsp3) is 0.375. The van der Waals surface area contributed by atoms with E-state index in [-0.39, 0.29) is 117 Å². The molecule has 0 saturated heterocycles. The Kier molecular flexibility index (Phi) is 8.19. The summed E-state index contributed by atoms with van der Waals surface area (Å²) in [7, 11) is 0. The van der Waals surface area contributed by atoms with E-state index in [1.54, 1.807) is 13.8 Å². The summed E-state index contributed by atoms with van der Waals surface area (Å²) in [5, 5.41) is 20.8. The number of ketones is 2. The highest BCUT2D eigenvalue weighted by atomic mass is 19.1. The topological polar surface area (TPSA) is 153 Å². The molecule has 0 bridgehead atoms. The molecule has 6 rings (SSSR count). The van der Waals surface area contributed by atoms with Crippen LogP contribution in [0.15, 0.2) is 30.6 Å². The van der Waals surface area contributed by atoms with Crippen LogP contribution in [0.2, 0.25) is 0 Å². The first-order valence-electron chi connectivity index (χ1n) is 14.3. The van der Waals surface area contributed by atoms with Gasteiger partial charge in [0.05, 0.1) is 10.8 Å². The van der Waals surface area contributed by atoms with Gasteiger partial charge < -0.3 is 28.5 Å². The van der Waals surface area contributed by atoms with Crippen molar-refractivity contribution in [2.45, 2.75) is 78.4 Å². The third kappa shape index (κ3) is 5.18. The predicted molar refractivity (Wildman–Crippen MR) is 154 cm³/mol. The molecule has 0 saturated carbocycles. The Morgan fingerprint density at radius 1 is 0.750 bits per heavy atom. The van der Waals surface area contributed by atoms with Crippen molar-refractivity contribution >= 4 is 33.5 Å². The molecule has 44 heavy (non-hydrogen) atoms. The first-order valence-corrected chi connectivity index (χ1v) is 14.3. The van der Waals surface area contributed by atoms with Crippen molar-refractivity contribution in [1.29, 1.82) is 0 Å². The van der Waals surface area contributed by atoms with Crippen molar-refractivity contribution in [2.24, 2.45) is 0 Å². The largest absolute Gasteiger partial charge is 0.507 e. The molecule has 2 N–H and O–H groups in total. The fourth-order valence-corrected chi connectivity index (χ4v) is 5.69. The van der Waals surface area contributed by atoms with E-state index in [1.165, 1.54) is 12.1 Å². The van der Waals surface area contributed by atoms with Crippen molar-refractivity contribution in [3.05, 3.63) is 66.9 Å². The van der Waals surface area contributed by atoms with Crippen LogP contribution in [0.3, 0.4) is 0 Å². The number of rotatable bonds is 4.